The smallest absolute Gasteiger partial charge is 0.191 e. The van der Waals surface area contributed by atoms with Crippen molar-refractivity contribution in [3.05, 3.63) is 47.3 Å². The standard InChI is InChI=1S/C18H24N4OS/c1-12(2)22-13(3)10-15(14(22)4)11-19-21-18(24)20-16-6-8-17(23-5)9-7-16/h6-12H,1-5H3,(H2,20,21,24)/b19-11-. The molecule has 0 spiro atoms. The van der Waals surface area contributed by atoms with Gasteiger partial charge in [-0.2, -0.15) is 5.10 Å². The zero-order valence-electron chi connectivity index (χ0n) is 14.8. The second-order valence-electron chi connectivity index (χ2n) is 5.84. The molecule has 0 aliphatic rings. The molecule has 24 heavy (non-hydrogen) atoms. The van der Waals surface area contributed by atoms with Gasteiger partial charge in [0, 0.05) is 28.7 Å². The number of aromatic nitrogens is 1. The predicted molar refractivity (Wildman–Crippen MR) is 104 cm³/mol. The third kappa shape index (κ3) is 4.35. The monoisotopic (exact) mass is 344 g/mol. The summed E-state index contributed by atoms with van der Waals surface area (Å²) in [4.78, 5) is 0. The lowest BCUT2D eigenvalue weighted by Crippen LogP contribution is -2.23. The number of nitrogens with one attached hydrogen (secondary N) is 2. The summed E-state index contributed by atoms with van der Waals surface area (Å²) >= 11 is 5.25. The molecule has 0 saturated heterocycles. The number of thiocarbonyl (C=S) groups is 1. The van der Waals surface area contributed by atoms with Crippen LogP contribution in [0.5, 0.6) is 5.75 Å². The Morgan fingerprint density at radius 1 is 1.25 bits per heavy atom. The molecule has 1 aromatic heterocycles. The number of methoxy groups -OCH3 is 1. The van der Waals surface area contributed by atoms with Crippen molar-refractivity contribution in [3.63, 3.8) is 0 Å². The van der Waals surface area contributed by atoms with Gasteiger partial charge in [0.1, 0.15) is 5.75 Å². The molecule has 0 saturated carbocycles. The summed E-state index contributed by atoms with van der Waals surface area (Å²) in [5.74, 6) is 0.804. The largest absolute Gasteiger partial charge is 0.497 e. The molecule has 0 amide bonds. The minimum atomic E-state index is 0.429. The molecule has 0 fully saturated rings. The number of anilines is 1. The van der Waals surface area contributed by atoms with Crippen molar-refractivity contribution in [1.29, 1.82) is 0 Å². The third-order valence-corrected chi connectivity index (χ3v) is 3.95. The Balaban J connectivity index is 1.96. The predicted octanol–water partition coefficient (Wildman–Crippen LogP) is 4.01. The lowest BCUT2D eigenvalue weighted by Gasteiger charge is -2.13. The van der Waals surface area contributed by atoms with Crippen molar-refractivity contribution >= 4 is 29.2 Å². The Kier molecular flexibility index (Phi) is 5.98. The van der Waals surface area contributed by atoms with Crippen molar-refractivity contribution in [1.82, 2.24) is 9.99 Å². The van der Waals surface area contributed by atoms with Crippen LogP contribution in [0.15, 0.2) is 35.4 Å². The molecule has 0 bridgehead atoms. The number of rotatable bonds is 5. The number of hydrogen-bond donors (Lipinski definition) is 2. The Morgan fingerprint density at radius 3 is 2.46 bits per heavy atom. The van der Waals surface area contributed by atoms with Crippen LogP contribution in [-0.4, -0.2) is 23.0 Å². The van der Waals surface area contributed by atoms with Gasteiger partial charge in [0.25, 0.3) is 0 Å². The van der Waals surface area contributed by atoms with Gasteiger partial charge in [-0.3, -0.25) is 5.43 Å². The van der Waals surface area contributed by atoms with Crippen molar-refractivity contribution in [2.75, 3.05) is 12.4 Å². The third-order valence-electron chi connectivity index (χ3n) is 3.76. The van der Waals surface area contributed by atoms with Crippen molar-refractivity contribution in [3.8, 4) is 5.75 Å². The molecule has 2 N–H and O–H groups in total. The quantitative estimate of drug-likeness (QED) is 0.489. The van der Waals surface area contributed by atoms with E-state index in [1.165, 1.54) is 11.4 Å². The van der Waals surface area contributed by atoms with Crippen molar-refractivity contribution in [2.24, 2.45) is 5.10 Å². The van der Waals surface area contributed by atoms with Gasteiger partial charge in [-0.1, -0.05) is 0 Å². The van der Waals surface area contributed by atoms with Crippen LogP contribution in [-0.2, 0) is 0 Å². The first-order valence-corrected chi connectivity index (χ1v) is 8.25. The summed E-state index contributed by atoms with van der Waals surface area (Å²) in [6, 6.07) is 10.1. The average molecular weight is 344 g/mol. The summed E-state index contributed by atoms with van der Waals surface area (Å²) in [6.45, 7) is 8.55. The highest BCUT2D eigenvalue weighted by Crippen LogP contribution is 2.18. The molecule has 2 aromatic rings. The van der Waals surface area contributed by atoms with Crippen LogP contribution < -0.4 is 15.5 Å². The lowest BCUT2D eigenvalue weighted by atomic mass is 10.2. The fourth-order valence-corrected chi connectivity index (χ4v) is 2.89. The van der Waals surface area contributed by atoms with E-state index in [0.29, 0.717) is 11.2 Å². The summed E-state index contributed by atoms with van der Waals surface area (Å²) in [6.07, 6.45) is 1.79. The molecule has 0 atom stereocenters. The maximum Gasteiger partial charge on any atom is 0.191 e. The number of benzene rings is 1. The Hall–Kier alpha value is -2.34. The molecular weight excluding hydrogens is 320 g/mol. The molecule has 0 aliphatic heterocycles. The van der Waals surface area contributed by atoms with Crippen LogP contribution >= 0.6 is 12.2 Å². The van der Waals surface area contributed by atoms with E-state index in [0.717, 1.165) is 17.0 Å². The van der Waals surface area contributed by atoms with Gasteiger partial charge in [0.15, 0.2) is 5.11 Å². The summed E-state index contributed by atoms with van der Waals surface area (Å²) < 4.78 is 7.41. The summed E-state index contributed by atoms with van der Waals surface area (Å²) in [5, 5.41) is 7.74. The summed E-state index contributed by atoms with van der Waals surface area (Å²) in [5.41, 5.74) is 7.22. The number of ether oxygens (including phenoxy) is 1. The van der Waals surface area contributed by atoms with E-state index in [4.69, 9.17) is 17.0 Å². The molecule has 0 radical (unpaired) electrons. The van der Waals surface area contributed by atoms with E-state index in [-0.39, 0.29) is 0 Å². The van der Waals surface area contributed by atoms with Gasteiger partial charge >= 0.3 is 0 Å². The highest BCUT2D eigenvalue weighted by Gasteiger charge is 2.09. The van der Waals surface area contributed by atoms with Crippen molar-refractivity contribution in [2.45, 2.75) is 33.7 Å². The SMILES string of the molecule is COc1ccc(NC(=S)N/N=C\c2cc(C)n(C(C)C)c2C)cc1. The summed E-state index contributed by atoms with van der Waals surface area (Å²) in [7, 11) is 1.64. The molecule has 5 nitrogen and oxygen atoms in total. The maximum absolute atomic E-state index is 5.25. The zero-order chi connectivity index (χ0) is 17.7. The molecule has 0 aliphatic carbocycles. The number of aryl methyl sites for hydroxylation is 1. The van der Waals surface area contributed by atoms with Crippen molar-refractivity contribution < 1.29 is 4.74 Å². The molecule has 0 unspecified atom stereocenters. The van der Waals surface area contributed by atoms with Crippen LogP contribution in [0, 0.1) is 13.8 Å². The van der Waals surface area contributed by atoms with Gasteiger partial charge in [0.2, 0.25) is 0 Å². The van der Waals surface area contributed by atoms with Crippen LogP contribution in [0.4, 0.5) is 5.69 Å². The Morgan fingerprint density at radius 2 is 1.92 bits per heavy atom. The molecule has 128 valence electrons. The topological polar surface area (TPSA) is 50.6 Å². The van der Waals surface area contributed by atoms with Crippen LogP contribution in [0.3, 0.4) is 0 Å². The van der Waals surface area contributed by atoms with Gasteiger partial charge in [-0.15, -0.1) is 0 Å². The average Bonchev–Trinajstić information content (AvgIpc) is 2.82. The fourth-order valence-electron chi connectivity index (χ4n) is 2.72. The molecule has 1 heterocycles. The van der Waals surface area contributed by atoms with E-state index in [1.54, 1.807) is 13.3 Å². The van der Waals surface area contributed by atoms with E-state index in [1.807, 2.05) is 24.3 Å². The normalized spacial score (nSPS) is 11.1. The highest BCUT2D eigenvalue weighted by molar-refractivity contribution is 7.80. The first kappa shape index (κ1) is 18.0. The number of nitrogens with zero attached hydrogens (tertiary/aromatic N) is 2. The Labute approximate surface area is 148 Å². The van der Waals surface area contributed by atoms with E-state index >= 15 is 0 Å². The zero-order valence-corrected chi connectivity index (χ0v) is 15.6. The minimum Gasteiger partial charge on any atom is -0.497 e. The maximum atomic E-state index is 5.25. The van der Waals surface area contributed by atoms with Gasteiger partial charge in [0.05, 0.1) is 13.3 Å². The molecule has 1 aromatic carbocycles. The van der Waals surface area contributed by atoms with Gasteiger partial charge < -0.3 is 14.6 Å². The second-order valence-corrected chi connectivity index (χ2v) is 6.25. The number of hydrazone groups is 1. The van der Waals surface area contributed by atoms with Gasteiger partial charge in [-0.25, -0.2) is 0 Å². The molecular formula is C18H24N4OS. The first-order chi connectivity index (χ1) is 11.4. The number of hydrogen-bond acceptors (Lipinski definition) is 3. The van der Waals surface area contributed by atoms with Crippen LogP contribution in [0.25, 0.3) is 0 Å². The minimum absolute atomic E-state index is 0.429. The van der Waals surface area contributed by atoms with E-state index in [9.17, 15) is 0 Å². The second kappa shape index (κ2) is 7.97. The van der Waals surface area contributed by atoms with Crippen LogP contribution in [0.1, 0.15) is 36.8 Å². The first-order valence-electron chi connectivity index (χ1n) is 7.85. The Bertz CT molecular complexity index is 732. The van der Waals surface area contributed by atoms with E-state index in [2.05, 4.69) is 54.2 Å². The van der Waals surface area contributed by atoms with Crippen LogP contribution in [0.2, 0.25) is 0 Å². The molecule has 2 rings (SSSR count). The molecule has 6 heteroatoms. The fraction of sp³-hybridized carbons (Fsp3) is 0.333. The highest BCUT2D eigenvalue weighted by atomic mass is 32.1. The lowest BCUT2D eigenvalue weighted by molar-refractivity contribution is 0.415. The van der Waals surface area contributed by atoms with Gasteiger partial charge in [-0.05, 0) is 70.2 Å². The van der Waals surface area contributed by atoms with E-state index < -0.39 is 0 Å².